The molecule has 0 spiro atoms. The average Bonchev–Trinajstić information content (AvgIpc) is 2.57. The summed E-state index contributed by atoms with van der Waals surface area (Å²) in [6, 6.07) is 18.1. The minimum absolute atomic E-state index is 0.0811. The van der Waals surface area contributed by atoms with Gasteiger partial charge in [-0.15, -0.1) is 11.8 Å². The van der Waals surface area contributed by atoms with Gasteiger partial charge in [0.1, 0.15) is 0 Å². The second-order valence-electron chi connectivity index (χ2n) is 5.15. The van der Waals surface area contributed by atoms with Gasteiger partial charge in [-0.25, -0.2) is 0 Å². The number of thioether (sulfide) groups is 1. The highest BCUT2D eigenvalue weighted by Crippen LogP contribution is 2.24. The number of hydrogen-bond acceptors (Lipinski definition) is 3. The number of nitrogens with one attached hydrogen (secondary N) is 2. The zero-order valence-corrected chi connectivity index (χ0v) is 15.5. The van der Waals surface area contributed by atoms with Crippen LogP contribution in [-0.4, -0.2) is 24.2 Å². The molecule has 0 fully saturated rings. The molecule has 0 bridgehead atoms. The molecule has 0 saturated carbocycles. The molecule has 0 heterocycles. The van der Waals surface area contributed by atoms with Gasteiger partial charge in [0.2, 0.25) is 5.91 Å². The second kappa shape index (κ2) is 9.63. The first-order chi connectivity index (χ1) is 11.1. The third-order valence-electron chi connectivity index (χ3n) is 3.25. The van der Waals surface area contributed by atoms with Gasteiger partial charge in [0.15, 0.2) is 0 Å². The van der Waals surface area contributed by atoms with E-state index in [4.69, 9.17) is 0 Å². The van der Waals surface area contributed by atoms with Gasteiger partial charge in [-0.3, -0.25) is 4.79 Å². The molecule has 2 aromatic rings. The van der Waals surface area contributed by atoms with Crippen molar-refractivity contribution in [1.29, 1.82) is 0 Å². The fourth-order valence-corrected chi connectivity index (χ4v) is 3.16. The Morgan fingerprint density at radius 3 is 2.48 bits per heavy atom. The third-order valence-corrected chi connectivity index (χ3v) is 4.89. The third kappa shape index (κ3) is 6.67. The van der Waals surface area contributed by atoms with Crippen molar-refractivity contribution in [3.8, 4) is 0 Å². The number of carbonyl (C=O) groups is 1. The van der Waals surface area contributed by atoms with Crippen molar-refractivity contribution in [2.45, 2.75) is 23.5 Å². The van der Waals surface area contributed by atoms with Crippen molar-refractivity contribution in [2.75, 3.05) is 18.4 Å². The Bertz CT molecular complexity index is 604. The molecule has 3 nitrogen and oxygen atoms in total. The van der Waals surface area contributed by atoms with Crippen LogP contribution in [0.5, 0.6) is 0 Å². The molecule has 23 heavy (non-hydrogen) atoms. The highest BCUT2D eigenvalue weighted by molar-refractivity contribution is 9.10. The molecule has 0 aliphatic carbocycles. The van der Waals surface area contributed by atoms with Crippen LogP contribution in [0.1, 0.15) is 13.3 Å². The molecule has 1 amide bonds. The van der Waals surface area contributed by atoms with Crippen molar-refractivity contribution in [2.24, 2.45) is 0 Å². The fraction of sp³-hybridized carbons (Fsp3) is 0.278. The lowest BCUT2D eigenvalue weighted by atomic mass is 10.3. The number of hydrogen-bond donors (Lipinski definition) is 2. The molecular weight excluding hydrogens is 372 g/mol. The summed E-state index contributed by atoms with van der Waals surface area (Å²) in [6.07, 6.45) is 0.899. The molecule has 1 atom stereocenters. The molecule has 2 rings (SSSR count). The van der Waals surface area contributed by atoms with Crippen molar-refractivity contribution in [3.05, 3.63) is 59.1 Å². The molecule has 0 radical (unpaired) electrons. The molecule has 0 aliphatic rings. The van der Waals surface area contributed by atoms with Crippen LogP contribution in [0.2, 0.25) is 0 Å². The van der Waals surface area contributed by atoms with Gasteiger partial charge in [0.05, 0.1) is 5.25 Å². The summed E-state index contributed by atoms with van der Waals surface area (Å²) in [6.45, 7) is 3.46. The highest BCUT2D eigenvalue weighted by atomic mass is 79.9. The van der Waals surface area contributed by atoms with Gasteiger partial charge < -0.3 is 10.6 Å². The Hall–Kier alpha value is -1.46. The van der Waals surface area contributed by atoms with Crippen LogP contribution in [0.4, 0.5) is 5.69 Å². The van der Waals surface area contributed by atoms with Gasteiger partial charge in [-0.2, -0.15) is 0 Å². The first-order valence-corrected chi connectivity index (χ1v) is 9.31. The van der Waals surface area contributed by atoms with Crippen LogP contribution in [0.15, 0.2) is 64.0 Å². The normalized spacial score (nSPS) is 11.7. The number of anilines is 1. The zero-order valence-electron chi connectivity index (χ0n) is 13.1. The Kier molecular flexibility index (Phi) is 7.49. The predicted octanol–water partition coefficient (Wildman–Crippen LogP) is 4.55. The maximum Gasteiger partial charge on any atom is 0.233 e. The topological polar surface area (TPSA) is 41.1 Å². The smallest absolute Gasteiger partial charge is 0.233 e. The van der Waals surface area contributed by atoms with Crippen molar-refractivity contribution >= 4 is 39.3 Å². The van der Waals surface area contributed by atoms with E-state index < -0.39 is 0 Å². The van der Waals surface area contributed by atoms with E-state index in [0.717, 1.165) is 28.0 Å². The van der Waals surface area contributed by atoms with E-state index in [1.165, 1.54) is 0 Å². The molecule has 1 unspecified atom stereocenters. The molecule has 2 aromatic carbocycles. The van der Waals surface area contributed by atoms with E-state index in [1.54, 1.807) is 11.8 Å². The first kappa shape index (κ1) is 17.9. The molecule has 122 valence electrons. The number of para-hydroxylation sites is 1. The molecule has 0 aliphatic heterocycles. The fourth-order valence-electron chi connectivity index (χ4n) is 2.00. The Morgan fingerprint density at radius 1 is 1.09 bits per heavy atom. The minimum atomic E-state index is -0.0988. The summed E-state index contributed by atoms with van der Waals surface area (Å²) < 4.78 is 1.05. The molecule has 2 N–H and O–H groups in total. The van der Waals surface area contributed by atoms with Gasteiger partial charge >= 0.3 is 0 Å². The Balaban J connectivity index is 1.63. The van der Waals surface area contributed by atoms with Crippen molar-refractivity contribution < 1.29 is 4.79 Å². The van der Waals surface area contributed by atoms with E-state index in [0.29, 0.717) is 6.54 Å². The lowest BCUT2D eigenvalue weighted by Gasteiger charge is -2.12. The second-order valence-corrected chi connectivity index (χ2v) is 7.48. The maximum atomic E-state index is 12.1. The maximum absolute atomic E-state index is 12.1. The van der Waals surface area contributed by atoms with E-state index in [2.05, 4.69) is 26.6 Å². The van der Waals surface area contributed by atoms with Gasteiger partial charge in [-0.1, -0.05) is 34.1 Å². The molecule has 5 heteroatoms. The van der Waals surface area contributed by atoms with E-state index in [-0.39, 0.29) is 11.2 Å². The predicted molar refractivity (Wildman–Crippen MR) is 102 cm³/mol. The largest absolute Gasteiger partial charge is 0.385 e. The number of benzene rings is 2. The highest BCUT2D eigenvalue weighted by Gasteiger charge is 2.13. The lowest BCUT2D eigenvalue weighted by molar-refractivity contribution is -0.120. The van der Waals surface area contributed by atoms with Gasteiger partial charge in [0, 0.05) is 28.1 Å². The number of rotatable bonds is 8. The van der Waals surface area contributed by atoms with E-state index in [9.17, 15) is 4.79 Å². The lowest BCUT2D eigenvalue weighted by Crippen LogP contribution is -2.32. The summed E-state index contributed by atoms with van der Waals surface area (Å²) in [7, 11) is 0. The molecule has 0 aromatic heterocycles. The number of halogens is 1. The number of carbonyl (C=O) groups excluding carboxylic acids is 1. The quantitative estimate of drug-likeness (QED) is 0.511. The zero-order chi connectivity index (χ0) is 16.5. The van der Waals surface area contributed by atoms with Crippen LogP contribution in [-0.2, 0) is 4.79 Å². The molecule has 0 saturated heterocycles. The summed E-state index contributed by atoms with van der Waals surface area (Å²) >= 11 is 4.98. The summed E-state index contributed by atoms with van der Waals surface area (Å²) in [5, 5.41) is 6.22. The Labute approximate surface area is 150 Å². The number of amides is 1. The first-order valence-electron chi connectivity index (χ1n) is 7.64. The van der Waals surface area contributed by atoms with Gasteiger partial charge in [0.25, 0.3) is 0 Å². The monoisotopic (exact) mass is 392 g/mol. The van der Waals surface area contributed by atoms with Crippen LogP contribution in [0, 0.1) is 0 Å². The van der Waals surface area contributed by atoms with Crippen LogP contribution in [0.25, 0.3) is 0 Å². The summed E-state index contributed by atoms with van der Waals surface area (Å²) in [4.78, 5) is 13.2. The van der Waals surface area contributed by atoms with Crippen LogP contribution in [0.3, 0.4) is 0 Å². The van der Waals surface area contributed by atoms with E-state index >= 15 is 0 Å². The standard InChI is InChI=1S/C18H21BrN2OS/c1-14(23-17-10-8-15(19)9-11-17)18(22)21-13-5-12-20-16-6-3-2-4-7-16/h2-4,6-11,14,20H,5,12-13H2,1H3,(H,21,22). The average molecular weight is 393 g/mol. The Morgan fingerprint density at radius 2 is 1.78 bits per heavy atom. The van der Waals surface area contributed by atoms with Crippen molar-refractivity contribution in [3.63, 3.8) is 0 Å². The summed E-state index contributed by atoms with van der Waals surface area (Å²) in [5.74, 6) is 0.0811. The minimum Gasteiger partial charge on any atom is -0.385 e. The van der Waals surface area contributed by atoms with E-state index in [1.807, 2.05) is 61.5 Å². The summed E-state index contributed by atoms with van der Waals surface area (Å²) in [5.41, 5.74) is 1.11. The van der Waals surface area contributed by atoms with Gasteiger partial charge in [-0.05, 0) is 49.7 Å². The van der Waals surface area contributed by atoms with Crippen LogP contribution < -0.4 is 10.6 Å². The molecular formula is C18H21BrN2OS. The SMILES string of the molecule is CC(Sc1ccc(Br)cc1)C(=O)NCCCNc1ccccc1. The van der Waals surface area contributed by atoms with Crippen LogP contribution >= 0.6 is 27.7 Å². The van der Waals surface area contributed by atoms with Crippen molar-refractivity contribution in [1.82, 2.24) is 5.32 Å².